The van der Waals surface area contributed by atoms with Crippen molar-refractivity contribution in [2.75, 3.05) is 0 Å². The van der Waals surface area contributed by atoms with Gasteiger partial charge in [0.2, 0.25) is 0 Å². The molecule has 0 radical (unpaired) electrons. The molecule has 11 aromatic rings. The van der Waals surface area contributed by atoms with E-state index in [0.29, 0.717) is 0 Å². The van der Waals surface area contributed by atoms with Crippen LogP contribution in [0.2, 0.25) is 0 Å². The van der Waals surface area contributed by atoms with Gasteiger partial charge in [0.05, 0.1) is 22.1 Å². The van der Waals surface area contributed by atoms with Crippen molar-refractivity contribution in [3.8, 4) is 33.6 Å². The zero-order valence-electron chi connectivity index (χ0n) is 27.7. The summed E-state index contributed by atoms with van der Waals surface area (Å²) in [6.45, 7) is 0. The van der Waals surface area contributed by atoms with Crippen LogP contribution in [-0.4, -0.2) is 14.1 Å². The van der Waals surface area contributed by atoms with Crippen LogP contribution in [0.15, 0.2) is 182 Å². The summed E-state index contributed by atoms with van der Waals surface area (Å²) in [5.74, 6) is 0. The zero-order valence-corrected chi connectivity index (χ0v) is 27.7. The molecular formula is C48H31N3. The van der Waals surface area contributed by atoms with Crippen LogP contribution in [0.25, 0.3) is 99.0 Å². The third-order valence-electron chi connectivity index (χ3n) is 10.6. The summed E-state index contributed by atoms with van der Waals surface area (Å²) >= 11 is 0. The van der Waals surface area contributed by atoms with Gasteiger partial charge in [0, 0.05) is 54.7 Å². The van der Waals surface area contributed by atoms with Crippen LogP contribution in [0, 0.1) is 0 Å². The molecule has 0 atom stereocenters. The molecule has 0 saturated carbocycles. The van der Waals surface area contributed by atoms with Crippen molar-refractivity contribution in [2.45, 2.75) is 0 Å². The van der Waals surface area contributed by atoms with Gasteiger partial charge in [-0.3, -0.25) is 0 Å². The third-order valence-corrected chi connectivity index (χ3v) is 10.6. The fraction of sp³-hybridized carbons (Fsp3) is 0. The van der Waals surface area contributed by atoms with E-state index in [1.165, 1.54) is 87.8 Å². The summed E-state index contributed by atoms with van der Waals surface area (Å²) in [6.07, 6.45) is 0. The van der Waals surface area contributed by atoms with E-state index in [1.807, 2.05) is 0 Å². The van der Waals surface area contributed by atoms with Gasteiger partial charge in [0.25, 0.3) is 0 Å². The summed E-state index contributed by atoms with van der Waals surface area (Å²) < 4.78 is 4.79. The number of aromatic amines is 1. The summed E-state index contributed by atoms with van der Waals surface area (Å²) in [5, 5.41) is 7.52. The van der Waals surface area contributed by atoms with Gasteiger partial charge < -0.3 is 14.1 Å². The molecule has 0 aliphatic heterocycles. The maximum atomic E-state index is 3.57. The van der Waals surface area contributed by atoms with Gasteiger partial charge in [-0.15, -0.1) is 0 Å². The Balaban J connectivity index is 1.10. The molecule has 3 heterocycles. The lowest BCUT2D eigenvalue weighted by molar-refractivity contribution is 1.18. The van der Waals surface area contributed by atoms with Crippen LogP contribution < -0.4 is 0 Å². The van der Waals surface area contributed by atoms with Crippen LogP contribution in [-0.2, 0) is 0 Å². The van der Waals surface area contributed by atoms with Crippen LogP contribution in [0.4, 0.5) is 0 Å². The number of benzene rings is 8. The molecule has 0 saturated heterocycles. The van der Waals surface area contributed by atoms with Crippen molar-refractivity contribution in [2.24, 2.45) is 0 Å². The molecule has 0 unspecified atom stereocenters. The second-order valence-electron chi connectivity index (χ2n) is 13.5. The predicted molar refractivity (Wildman–Crippen MR) is 215 cm³/mol. The van der Waals surface area contributed by atoms with E-state index < -0.39 is 0 Å². The van der Waals surface area contributed by atoms with Gasteiger partial charge in [-0.05, 0) is 101 Å². The topological polar surface area (TPSA) is 25.6 Å². The Labute approximate surface area is 294 Å². The first-order valence-electron chi connectivity index (χ1n) is 17.5. The van der Waals surface area contributed by atoms with E-state index in [0.717, 1.165) is 11.2 Å². The van der Waals surface area contributed by atoms with E-state index in [2.05, 4.69) is 196 Å². The second-order valence-corrected chi connectivity index (χ2v) is 13.5. The van der Waals surface area contributed by atoms with E-state index in [1.54, 1.807) is 0 Å². The largest absolute Gasteiger partial charge is 0.355 e. The maximum absolute atomic E-state index is 3.57. The molecule has 0 aliphatic carbocycles. The zero-order chi connectivity index (χ0) is 33.5. The van der Waals surface area contributed by atoms with E-state index >= 15 is 0 Å². The smallest absolute Gasteiger partial charge is 0.0547 e. The molecule has 3 heteroatoms. The average Bonchev–Trinajstić information content (AvgIpc) is 3.85. The second kappa shape index (κ2) is 10.8. The van der Waals surface area contributed by atoms with E-state index in [9.17, 15) is 0 Å². The fourth-order valence-corrected chi connectivity index (χ4v) is 8.27. The van der Waals surface area contributed by atoms with Crippen LogP contribution in [0.5, 0.6) is 0 Å². The highest BCUT2D eigenvalue weighted by molar-refractivity contribution is 6.14. The first kappa shape index (κ1) is 28.0. The number of aromatic nitrogens is 3. The molecule has 8 aromatic carbocycles. The minimum absolute atomic E-state index is 1.16. The molecule has 3 nitrogen and oxygen atoms in total. The van der Waals surface area contributed by atoms with Gasteiger partial charge in [-0.1, -0.05) is 103 Å². The summed E-state index contributed by atoms with van der Waals surface area (Å²) in [5.41, 5.74) is 14.3. The maximum Gasteiger partial charge on any atom is 0.0547 e. The van der Waals surface area contributed by atoms with Gasteiger partial charge in [-0.25, -0.2) is 0 Å². The molecule has 0 spiro atoms. The minimum atomic E-state index is 1.16. The lowest BCUT2D eigenvalue weighted by Crippen LogP contribution is -1.93. The molecule has 11 rings (SSSR count). The molecule has 0 amide bonds. The molecular weight excluding hydrogens is 619 g/mol. The molecule has 3 aromatic heterocycles. The van der Waals surface area contributed by atoms with Crippen molar-refractivity contribution >= 4 is 65.4 Å². The summed E-state index contributed by atoms with van der Waals surface area (Å²) in [6, 6.07) is 66.3. The van der Waals surface area contributed by atoms with Gasteiger partial charge in [-0.2, -0.15) is 0 Å². The lowest BCUT2D eigenvalue weighted by Gasteiger charge is -2.10. The number of H-pyrrole nitrogens is 1. The first-order valence-corrected chi connectivity index (χ1v) is 17.5. The summed E-state index contributed by atoms with van der Waals surface area (Å²) in [7, 11) is 0. The third kappa shape index (κ3) is 4.25. The normalized spacial score (nSPS) is 11.9. The highest BCUT2D eigenvalue weighted by Gasteiger charge is 2.17. The van der Waals surface area contributed by atoms with Crippen molar-refractivity contribution in [1.29, 1.82) is 0 Å². The molecule has 238 valence electrons. The standard InChI is InChI=1S/C48H31N3/c1-3-11-35(12-4-1)50-45-18-10-8-16-38(45)41-29-33(22-25-46(41)50)34-19-23-39-42-28-32(21-26-47(42)51(48(39)30-34)36-13-5-2-6-14-36)31-20-24-44-40(27-31)37-15-7-9-17-43(37)49-44/h1-30,49H. The lowest BCUT2D eigenvalue weighted by atomic mass is 9.99. The van der Waals surface area contributed by atoms with Crippen molar-refractivity contribution in [3.05, 3.63) is 182 Å². The quantitative estimate of drug-likeness (QED) is 0.196. The fourth-order valence-electron chi connectivity index (χ4n) is 8.27. The number of hydrogen-bond acceptors (Lipinski definition) is 0. The predicted octanol–water partition coefficient (Wildman–Crippen LogP) is 12.8. The molecule has 51 heavy (non-hydrogen) atoms. The first-order chi connectivity index (χ1) is 25.3. The van der Waals surface area contributed by atoms with Crippen molar-refractivity contribution in [3.63, 3.8) is 0 Å². The highest BCUT2D eigenvalue weighted by Crippen LogP contribution is 2.40. The Kier molecular flexibility index (Phi) is 5.96. The molecule has 0 aliphatic rings. The monoisotopic (exact) mass is 649 g/mol. The van der Waals surface area contributed by atoms with Crippen molar-refractivity contribution < 1.29 is 0 Å². The molecule has 1 N–H and O–H groups in total. The number of para-hydroxylation sites is 4. The Hall–Kier alpha value is -6.84. The SMILES string of the molecule is c1ccc(-n2c3ccccc3c3cc(-c4ccc5c6cc(-c7ccc8[nH]c9ccccc9c8c7)ccc6n(-c6ccccc6)c5c4)ccc32)cc1. The Bertz CT molecular complexity index is 3120. The summed E-state index contributed by atoms with van der Waals surface area (Å²) in [4.78, 5) is 3.57. The Morgan fingerprint density at radius 2 is 0.725 bits per heavy atom. The molecule has 0 fully saturated rings. The average molecular weight is 650 g/mol. The van der Waals surface area contributed by atoms with Crippen LogP contribution >= 0.6 is 0 Å². The van der Waals surface area contributed by atoms with E-state index in [4.69, 9.17) is 0 Å². The molecule has 0 bridgehead atoms. The number of hydrogen-bond donors (Lipinski definition) is 1. The van der Waals surface area contributed by atoms with Crippen LogP contribution in [0.3, 0.4) is 0 Å². The van der Waals surface area contributed by atoms with Gasteiger partial charge in [0.1, 0.15) is 0 Å². The van der Waals surface area contributed by atoms with E-state index in [-0.39, 0.29) is 0 Å². The van der Waals surface area contributed by atoms with Crippen LogP contribution in [0.1, 0.15) is 0 Å². The highest BCUT2D eigenvalue weighted by atomic mass is 15.0. The van der Waals surface area contributed by atoms with Crippen molar-refractivity contribution in [1.82, 2.24) is 14.1 Å². The Morgan fingerprint density at radius 1 is 0.275 bits per heavy atom. The number of fused-ring (bicyclic) bond motifs is 9. The number of rotatable bonds is 4. The van der Waals surface area contributed by atoms with Gasteiger partial charge in [0.15, 0.2) is 0 Å². The van der Waals surface area contributed by atoms with Gasteiger partial charge >= 0.3 is 0 Å². The Morgan fingerprint density at radius 3 is 1.41 bits per heavy atom. The number of nitrogens with one attached hydrogen (secondary N) is 1. The minimum Gasteiger partial charge on any atom is -0.355 e. The number of nitrogens with zero attached hydrogens (tertiary/aromatic N) is 2.